The van der Waals surface area contributed by atoms with Crippen molar-refractivity contribution in [3.63, 3.8) is 0 Å². The Labute approximate surface area is 171 Å². The molecule has 0 saturated carbocycles. The van der Waals surface area contributed by atoms with E-state index in [1.165, 1.54) is 10.8 Å². The molecule has 0 fully saturated rings. The number of benzene rings is 1. The predicted octanol–water partition coefficient (Wildman–Crippen LogP) is 4.94. The van der Waals surface area contributed by atoms with E-state index in [1.54, 1.807) is 6.92 Å². The fourth-order valence-electron chi connectivity index (χ4n) is 3.18. The second-order valence-electron chi connectivity index (χ2n) is 6.15. The van der Waals surface area contributed by atoms with Gasteiger partial charge in [-0.2, -0.15) is 18.4 Å². The molecular weight excluding hydrogens is 427 g/mol. The van der Waals surface area contributed by atoms with Gasteiger partial charge >= 0.3 is 12.0 Å². The van der Waals surface area contributed by atoms with Gasteiger partial charge in [-0.15, -0.1) is 11.3 Å². The summed E-state index contributed by atoms with van der Waals surface area (Å²) in [6.07, 6.45) is -3.64. The van der Waals surface area contributed by atoms with Crippen LogP contribution in [0.3, 0.4) is 0 Å². The lowest BCUT2D eigenvalue weighted by molar-refractivity contribution is -0.137. The highest BCUT2D eigenvalue weighted by molar-refractivity contribution is 7.85. The first kappa shape index (κ1) is 20.9. The number of alkyl halides is 3. The van der Waals surface area contributed by atoms with Crippen LogP contribution in [0.2, 0.25) is 5.02 Å². The first-order chi connectivity index (χ1) is 13.6. The number of hydrogen-bond acceptors (Lipinski definition) is 4. The Kier molecular flexibility index (Phi) is 5.20. The van der Waals surface area contributed by atoms with Crippen molar-refractivity contribution in [2.24, 2.45) is 0 Å². The Morgan fingerprint density at radius 2 is 2.24 bits per heavy atom. The van der Waals surface area contributed by atoms with Crippen molar-refractivity contribution >= 4 is 34.0 Å². The normalized spacial score (nSPS) is 18.6. The highest BCUT2D eigenvalue weighted by Crippen LogP contribution is 2.48. The summed E-state index contributed by atoms with van der Waals surface area (Å²) in [4.78, 5) is 3.40. The fourth-order valence-corrected chi connectivity index (χ4v) is 4.42. The van der Waals surface area contributed by atoms with Crippen molar-refractivity contribution in [2.75, 3.05) is 11.1 Å². The zero-order chi connectivity index (χ0) is 21.6. The molecule has 11 heteroatoms. The van der Waals surface area contributed by atoms with E-state index in [0.717, 1.165) is 12.1 Å². The van der Waals surface area contributed by atoms with Crippen molar-refractivity contribution in [1.29, 1.82) is 5.26 Å². The number of aromatic nitrogens is 2. The van der Waals surface area contributed by atoms with Gasteiger partial charge in [0.2, 0.25) is 0 Å². The summed E-state index contributed by atoms with van der Waals surface area (Å²) >= 11 is 6.22. The average Bonchev–Trinajstić information content (AvgIpc) is 3.04. The molecule has 29 heavy (non-hydrogen) atoms. The minimum Gasteiger partial charge on any atom is -0.358 e. The largest absolute Gasteiger partial charge is 0.416 e. The lowest BCUT2D eigenvalue weighted by atomic mass is 9.83. The molecule has 0 saturated heterocycles. The molecule has 3 rings (SSSR count). The molecule has 0 amide bonds. The predicted molar refractivity (Wildman–Crippen MR) is 103 cm³/mol. The second-order valence-corrected chi connectivity index (χ2v) is 8.23. The van der Waals surface area contributed by atoms with Gasteiger partial charge in [0.15, 0.2) is 5.82 Å². The Bertz CT molecular complexity index is 1130. The molecular formula is C18H13ClF3N5OS. The van der Waals surface area contributed by atoms with Crippen LogP contribution in [0.1, 0.15) is 24.5 Å². The van der Waals surface area contributed by atoms with E-state index in [4.69, 9.17) is 18.2 Å². The number of fused-ring (bicyclic) bond motifs is 3. The quantitative estimate of drug-likeness (QED) is 0.540. The second kappa shape index (κ2) is 7.21. The molecule has 150 valence electrons. The molecule has 2 heterocycles. The number of anilines is 1. The minimum absolute atomic E-state index is 0.0363. The van der Waals surface area contributed by atoms with Crippen LogP contribution in [0, 0.1) is 17.9 Å². The molecule has 6 nitrogen and oxygen atoms in total. The fraction of sp³-hybridized carbons (Fsp3) is 0.278. The van der Waals surface area contributed by atoms with Crippen molar-refractivity contribution in [3.8, 4) is 11.8 Å². The number of rotatable bonds is 4. The van der Waals surface area contributed by atoms with Crippen LogP contribution < -0.4 is 5.32 Å². The molecule has 1 aliphatic heterocycles. The standard InChI is InChI=1S/C18H13ClF3N5OS/c1-4-17(6-7-23)11-8-10(18(20,21)22)9-12(19)13(11)27-16(25-17)14(29(28)5-2)15(24-3)26-27/h4,8-9,25H,1,5-6H2,2H3. The number of nitriles is 1. The van der Waals surface area contributed by atoms with Crippen molar-refractivity contribution in [1.82, 2.24) is 9.78 Å². The maximum Gasteiger partial charge on any atom is 0.416 e. The van der Waals surface area contributed by atoms with E-state index >= 15 is 0 Å². The Morgan fingerprint density at radius 1 is 1.55 bits per heavy atom. The van der Waals surface area contributed by atoms with Gasteiger partial charge in [-0.25, -0.2) is 0 Å². The Hall–Kier alpha value is -2.82. The number of nitrogens with one attached hydrogen (secondary N) is 1. The zero-order valence-electron chi connectivity index (χ0n) is 15.0. The third-order valence-corrected chi connectivity index (χ3v) is 6.20. The van der Waals surface area contributed by atoms with Gasteiger partial charge in [0, 0.05) is 22.1 Å². The molecule has 0 bridgehead atoms. The molecule has 1 N–H and O–H groups in total. The summed E-state index contributed by atoms with van der Waals surface area (Å²) in [6.45, 7) is 12.7. The third kappa shape index (κ3) is 3.18. The maximum absolute atomic E-state index is 13.4. The minimum atomic E-state index is -4.67. The van der Waals surface area contributed by atoms with Gasteiger partial charge in [0.1, 0.15) is 10.6 Å². The zero-order valence-corrected chi connectivity index (χ0v) is 16.5. The maximum atomic E-state index is 13.4. The summed E-state index contributed by atoms with van der Waals surface area (Å²) in [5.74, 6) is 0.169. The van der Waals surface area contributed by atoms with E-state index in [0.29, 0.717) is 0 Å². The van der Waals surface area contributed by atoms with Crippen LogP contribution in [0.25, 0.3) is 10.5 Å². The lowest BCUT2D eigenvalue weighted by Crippen LogP contribution is -2.39. The van der Waals surface area contributed by atoms with Crippen LogP contribution in [-0.2, 0) is 22.5 Å². The van der Waals surface area contributed by atoms with Crippen LogP contribution in [0.15, 0.2) is 29.7 Å². The van der Waals surface area contributed by atoms with Crippen LogP contribution >= 0.6 is 11.6 Å². The van der Waals surface area contributed by atoms with Gasteiger partial charge < -0.3 is 10.2 Å². The summed E-state index contributed by atoms with van der Waals surface area (Å²) in [6, 6.07) is 3.57. The molecule has 0 aliphatic carbocycles. The van der Waals surface area contributed by atoms with Crippen molar-refractivity contribution in [2.45, 2.75) is 30.0 Å². The molecule has 0 spiro atoms. The highest BCUT2D eigenvalue weighted by Gasteiger charge is 2.44. The van der Waals surface area contributed by atoms with Gasteiger partial charge in [0.05, 0.1) is 28.6 Å². The summed E-state index contributed by atoms with van der Waals surface area (Å²) < 4.78 is 53.9. The third-order valence-electron chi connectivity index (χ3n) is 4.55. The van der Waals surface area contributed by atoms with Gasteiger partial charge in [-0.1, -0.05) is 31.2 Å². The summed E-state index contributed by atoms with van der Waals surface area (Å²) in [7, 11) is -1.60. The summed E-state index contributed by atoms with van der Waals surface area (Å²) in [5, 5.41) is 16.1. The molecule has 2 atom stereocenters. The Morgan fingerprint density at radius 3 is 2.76 bits per heavy atom. The highest BCUT2D eigenvalue weighted by atomic mass is 35.5. The number of nitrogens with zero attached hydrogens (tertiary/aromatic N) is 4. The van der Waals surface area contributed by atoms with E-state index in [1.807, 2.05) is 6.07 Å². The van der Waals surface area contributed by atoms with Crippen molar-refractivity contribution in [3.05, 3.63) is 52.4 Å². The average molecular weight is 440 g/mol. The monoisotopic (exact) mass is 439 g/mol. The van der Waals surface area contributed by atoms with E-state index in [9.17, 15) is 22.6 Å². The Balaban J connectivity index is 2.46. The van der Waals surface area contributed by atoms with E-state index < -0.39 is 28.1 Å². The van der Waals surface area contributed by atoms with E-state index in [-0.39, 0.29) is 45.0 Å². The van der Waals surface area contributed by atoms with Gasteiger partial charge in [-0.3, -0.25) is 4.21 Å². The lowest BCUT2D eigenvalue weighted by Gasteiger charge is -2.37. The number of halogens is 4. The SMILES string of the molecule is [C-]#[N+]c1nn2c(c1S(=O)CC)NC(C=C)(CC#N)c1cc(C(F)(F)F)cc(Cl)c1-2. The molecule has 0 radical (unpaired) electrons. The first-order valence-electron chi connectivity index (χ1n) is 8.22. The van der Waals surface area contributed by atoms with Crippen molar-refractivity contribution < 1.29 is 17.4 Å². The summed E-state index contributed by atoms with van der Waals surface area (Å²) in [5.41, 5.74) is -2.33. The van der Waals surface area contributed by atoms with Crippen LogP contribution in [0.4, 0.5) is 24.8 Å². The topological polar surface area (TPSA) is 75.1 Å². The molecule has 1 aromatic carbocycles. The smallest absolute Gasteiger partial charge is 0.358 e. The van der Waals surface area contributed by atoms with Crippen LogP contribution in [0.5, 0.6) is 0 Å². The first-order valence-corrected chi connectivity index (χ1v) is 9.92. The van der Waals surface area contributed by atoms with E-state index in [2.05, 4.69) is 21.8 Å². The van der Waals surface area contributed by atoms with Crippen LogP contribution in [-0.4, -0.2) is 19.7 Å². The van der Waals surface area contributed by atoms with Gasteiger partial charge in [0.25, 0.3) is 0 Å². The molecule has 1 aromatic heterocycles. The molecule has 2 unspecified atom stereocenters. The molecule has 1 aliphatic rings. The molecule has 2 aromatic rings. The van der Waals surface area contributed by atoms with Gasteiger partial charge in [-0.05, 0) is 17.2 Å². The number of hydrogen-bond donors (Lipinski definition) is 1.